The first-order chi connectivity index (χ1) is 13.8. The molecule has 1 fully saturated rings. The van der Waals surface area contributed by atoms with Crippen molar-refractivity contribution in [1.82, 2.24) is 14.5 Å². The number of para-hydroxylation sites is 1. The number of nitrogens with zero attached hydrogens (tertiary/aromatic N) is 3. The Balaban J connectivity index is 1.96. The minimum Gasteiger partial charge on any atom is -0.376 e. The number of amides is 1. The zero-order valence-corrected chi connectivity index (χ0v) is 18.7. The van der Waals surface area contributed by atoms with E-state index in [4.69, 9.17) is 9.72 Å². The molecule has 0 bridgehead atoms. The smallest absolute Gasteiger partial charge is 0.262 e. The molecule has 2 aromatic rings. The lowest BCUT2D eigenvalue weighted by Crippen LogP contribution is -2.45. The number of hydrogen-bond acceptors (Lipinski definition) is 5. The van der Waals surface area contributed by atoms with Gasteiger partial charge in [0.15, 0.2) is 5.16 Å². The van der Waals surface area contributed by atoms with E-state index >= 15 is 0 Å². The highest BCUT2D eigenvalue weighted by molar-refractivity contribution is 8.00. The van der Waals surface area contributed by atoms with Crippen LogP contribution < -0.4 is 5.56 Å². The Morgan fingerprint density at radius 3 is 2.55 bits per heavy atom. The van der Waals surface area contributed by atoms with Gasteiger partial charge in [0.05, 0.1) is 28.8 Å². The van der Waals surface area contributed by atoms with Crippen molar-refractivity contribution < 1.29 is 9.53 Å². The van der Waals surface area contributed by atoms with Crippen molar-refractivity contribution in [2.24, 2.45) is 0 Å². The molecule has 1 aromatic heterocycles. The fraction of sp³-hybridized carbons (Fsp3) is 0.591. The van der Waals surface area contributed by atoms with Crippen LogP contribution in [0, 0.1) is 0 Å². The van der Waals surface area contributed by atoms with Gasteiger partial charge in [-0.2, -0.15) is 0 Å². The Bertz CT molecular complexity index is 911. The third kappa shape index (κ3) is 4.83. The quantitative estimate of drug-likeness (QED) is 0.508. The molecule has 158 valence electrons. The lowest BCUT2D eigenvalue weighted by atomic mass is 10.2. The second-order valence-corrected chi connectivity index (χ2v) is 9.46. The molecule has 0 unspecified atom stereocenters. The topological polar surface area (TPSA) is 64.4 Å². The third-order valence-corrected chi connectivity index (χ3v) is 6.31. The Morgan fingerprint density at radius 1 is 1.24 bits per heavy atom. The highest BCUT2D eigenvalue weighted by Gasteiger charge is 2.28. The molecule has 1 saturated heterocycles. The van der Waals surface area contributed by atoms with Crippen molar-refractivity contribution in [3.8, 4) is 0 Å². The first-order valence-corrected chi connectivity index (χ1v) is 11.3. The second-order valence-electron chi connectivity index (χ2n) is 8.16. The van der Waals surface area contributed by atoms with Gasteiger partial charge in [-0.3, -0.25) is 14.2 Å². The Hall–Kier alpha value is -1.86. The summed E-state index contributed by atoms with van der Waals surface area (Å²) in [7, 11) is 0. The zero-order valence-electron chi connectivity index (χ0n) is 17.9. The molecule has 1 aliphatic heterocycles. The number of fused-ring (bicyclic) bond motifs is 1. The van der Waals surface area contributed by atoms with Crippen LogP contribution in [0.25, 0.3) is 10.9 Å². The summed E-state index contributed by atoms with van der Waals surface area (Å²) in [6.45, 7) is 11.2. The summed E-state index contributed by atoms with van der Waals surface area (Å²) in [6, 6.07) is 7.61. The van der Waals surface area contributed by atoms with Crippen molar-refractivity contribution in [3.05, 3.63) is 34.6 Å². The molecule has 3 rings (SSSR count). The number of carbonyl (C=O) groups excluding carboxylic acids is 1. The first-order valence-electron chi connectivity index (χ1n) is 10.4. The Morgan fingerprint density at radius 2 is 1.93 bits per heavy atom. The SMILES string of the molecule is CC(C)N(C(=O)[C@H](C)Sc1nc2ccccc2c(=O)n1C[C@H]1CCCO1)C(C)C. The normalized spacial score (nSPS) is 18.0. The summed E-state index contributed by atoms with van der Waals surface area (Å²) in [4.78, 5) is 32.9. The lowest BCUT2D eigenvalue weighted by Gasteiger charge is -2.33. The number of thioether (sulfide) groups is 1. The Kier molecular flexibility index (Phi) is 7.01. The molecule has 1 aliphatic rings. The van der Waals surface area contributed by atoms with Crippen molar-refractivity contribution in [2.45, 2.75) is 82.6 Å². The molecule has 2 heterocycles. The maximum absolute atomic E-state index is 13.2. The fourth-order valence-corrected chi connectivity index (χ4v) is 4.89. The lowest BCUT2D eigenvalue weighted by molar-refractivity contribution is -0.133. The first kappa shape index (κ1) is 21.8. The maximum Gasteiger partial charge on any atom is 0.262 e. The summed E-state index contributed by atoms with van der Waals surface area (Å²) in [5, 5.41) is 0.834. The molecule has 0 aliphatic carbocycles. The van der Waals surface area contributed by atoms with Gasteiger partial charge in [0.2, 0.25) is 5.91 Å². The van der Waals surface area contributed by atoms with Crippen molar-refractivity contribution in [1.29, 1.82) is 0 Å². The van der Waals surface area contributed by atoms with Gasteiger partial charge in [-0.1, -0.05) is 23.9 Å². The van der Waals surface area contributed by atoms with Crippen LogP contribution in [-0.4, -0.2) is 50.4 Å². The van der Waals surface area contributed by atoms with Gasteiger partial charge in [-0.25, -0.2) is 4.98 Å². The highest BCUT2D eigenvalue weighted by Crippen LogP contribution is 2.26. The molecule has 0 radical (unpaired) electrons. The van der Waals surface area contributed by atoms with Crippen LogP contribution in [-0.2, 0) is 16.1 Å². The zero-order chi connectivity index (χ0) is 21.1. The summed E-state index contributed by atoms with van der Waals surface area (Å²) in [6.07, 6.45) is 1.96. The minimum atomic E-state index is -0.344. The van der Waals surface area contributed by atoms with Gasteiger partial charge < -0.3 is 9.64 Å². The highest BCUT2D eigenvalue weighted by atomic mass is 32.2. The standard InChI is InChI=1S/C22H31N3O3S/c1-14(2)25(15(3)4)20(26)16(5)29-22-23-19-11-7-6-10-18(19)21(27)24(22)13-17-9-8-12-28-17/h6-7,10-11,14-17H,8-9,12-13H2,1-5H3/t16-,17+/m0/s1. The molecule has 6 nitrogen and oxygen atoms in total. The molecule has 0 saturated carbocycles. The van der Waals surface area contributed by atoms with E-state index in [0.717, 1.165) is 19.4 Å². The van der Waals surface area contributed by atoms with Crippen LogP contribution in [0.4, 0.5) is 0 Å². The van der Waals surface area contributed by atoms with Gasteiger partial charge in [0.25, 0.3) is 5.56 Å². The van der Waals surface area contributed by atoms with E-state index in [2.05, 4.69) is 0 Å². The molecular weight excluding hydrogens is 386 g/mol. The van der Waals surface area contributed by atoms with E-state index in [-0.39, 0.29) is 34.9 Å². The van der Waals surface area contributed by atoms with Crippen molar-refractivity contribution in [3.63, 3.8) is 0 Å². The van der Waals surface area contributed by atoms with Crippen molar-refractivity contribution >= 4 is 28.6 Å². The third-order valence-electron chi connectivity index (χ3n) is 5.23. The summed E-state index contributed by atoms with van der Waals surface area (Å²) >= 11 is 1.36. The Labute approximate surface area is 176 Å². The van der Waals surface area contributed by atoms with E-state index in [1.54, 1.807) is 10.6 Å². The number of carbonyl (C=O) groups is 1. The maximum atomic E-state index is 13.2. The van der Waals surface area contributed by atoms with Gasteiger partial charge in [-0.15, -0.1) is 0 Å². The van der Waals surface area contributed by atoms with Crippen LogP contribution in [0.5, 0.6) is 0 Å². The molecule has 0 N–H and O–H groups in total. The van der Waals surface area contributed by atoms with Gasteiger partial charge in [0.1, 0.15) is 0 Å². The fourth-order valence-electron chi connectivity index (χ4n) is 3.91. The number of hydrogen-bond donors (Lipinski definition) is 0. The van der Waals surface area contributed by atoms with E-state index < -0.39 is 0 Å². The van der Waals surface area contributed by atoms with E-state index in [0.29, 0.717) is 22.6 Å². The molecule has 2 atom stereocenters. The van der Waals surface area contributed by atoms with E-state index in [9.17, 15) is 9.59 Å². The van der Waals surface area contributed by atoms with E-state index in [1.807, 2.05) is 57.7 Å². The van der Waals surface area contributed by atoms with Gasteiger partial charge >= 0.3 is 0 Å². The number of benzene rings is 1. The minimum absolute atomic E-state index is 0.0175. The average molecular weight is 418 g/mol. The van der Waals surface area contributed by atoms with Gasteiger partial charge in [0, 0.05) is 18.7 Å². The number of rotatable bonds is 7. The van der Waals surface area contributed by atoms with Crippen LogP contribution in [0.1, 0.15) is 47.5 Å². The van der Waals surface area contributed by atoms with E-state index in [1.165, 1.54) is 11.8 Å². The van der Waals surface area contributed by atoms with Crippen LogP contribution in [0.15, 0.2) is 34.2 Å². The van der Waals surface area contributed by atoms with Crippen LogP contribution in [0.3, 0.4) is 0 Å². The monoisotopic (exact) mass is 417 g/mol. The predicted molar refractivity (Wildman–Crippen MR) is 117 cm³/mol. The molecule has 0 spiro atoms. The van der Waals surface area contributed by atoms with Crippen LogP contribution >= 0.6 is 11.8 Å². The molecule has 1 amide bonds. The second kappa shape index (κ2) is 9.30. The summed E-state index contributed by atoms with van der Waals surface area (Å²) < 4.78 is 7.46. The molecular formula is C22H31N3O3S. The number of aromatic nitrogens is 2. The molecule has 7 heteroatoms. The molecule has 29 heavy (non-hydrogen) atoms. The summed E-state index contributed by atoms with van der Waals surface area (Å²) in [5.74, 6) is 0.0612. The molecule has 1 aromatic carbocycles. The largest absolute Gasteiger partial charge is 0.376 e. The number of ether oxygens (including phenoxy) is 1. The predicted octanol–water partition coefficient (Wildman–Crippen LogP) is 3.70. The average Bonchev–Trinajstić information content (AvgIpc) is 3.17. The van der Waals surface area contributed by atoms with Crippen LogP contribution in [0.2, 0.25) is 0 Å². The summed E-state index contributed by atoms with van der Waals surface area (Å²) in [5.41, 5.74) is 0.589. The van der Waals surface area contributed by atoms with Gasteiger partial charge in [-0.05, 0) is 59.6 Å². The van der Waals surface area contributed by atoms with Crippen molar-refractivity contribution in [2.75, 3.05) is 6.61 Å².